The van der Waals surface area contributed by atoms with Crippen LogP contribution in [-0.4, -0.2) is 25.2 Å². The molecule has 0 aliphatic carbocycles. The molecule has 0 aromatic heterocycles. The summed E-state index contributed by atoms with van der Waals surface area (Å²) in [6.07, 6.45) is 15.3. The molecule has 4 heteroatoms. The Morgan fingerprint density at radius 1 is 0.720 bits per heavy atom. The van der Waals surface area contributed by atoms with Gasteiger partial charge in [-0.2, -0.15) is 0 Å². The maximum Gasteiger partial charge on any atom is 0.305 e. The summed E-state index contributed by atoms with van der Waals surface area (Å²) in [7, 11) is 0. The summed E-state index contributed by atoms with van der Waals surface area (Å²) in [5, 5.41) is 0. The number of unbranched alkanes of at least 4 members (excludes halogenated alkanes) is 9. The summed E-state index contributed by atoms with van der Waals surface area (Å²) < 4.78 is 10.3. The molecule has 0 heterocycles. The SMILES string of the molecule is C=CCCCOC(=O)CCCCCCCCC(=O)OCCCCCC. The highest BCUT2D eigenvalue weighted by molar-refractivity contribution is 5.69. The predicted molar refractivity (Wildman–Crippen MR) is 102 cm³/mol. The molecular formula is C21H38O4. The summed E-state index contributed by atoms with van der Waals surface area (Å²) in [5.41, 5.74) is 0. The molecule has 146 valence electrons. The van der Waals surface area contributed by atoms with Crippen molar-refractivity contribution < 1.29 is 19.1 Å². The Kier molecular flexibility index (Phi) is 18.0. The number of hydrogen-bond donors (Lipinski definition) is 0. The minimum absolute atomic E-state index is 0.0595. The zero-order valence-corrected chi connectivity index (χ0v) is 16.2. The summed E-state index contributed by atoms with van der Waals surface area (Å²) in [4.78, 5) is 23.0. The van der Waals surface area contributed by atoms with Crippen molar-refractivity contribution in [3.8, 4) is 0 Å². The first kappa shape index (κ1) is 23.7. The van der Waals surface area contributed by atoms with E-state index in [4.69, 9.17) is 9.47 Å². The number of allylic oxidation sites excluding steroid dienone is 1. The molecule has 0 rings (SSSR count). The van der Waals surface area contributed by atoms with Crippen molar-refractivity contribution in [3.05, 3.63) is 12.7 Å². The third-order valence-corrected chi connectivity index (χ3v) is 4.09. The summed E-state index contributed by atoms with van der Waals surface area (Å²) in [6.45, 7) is 6.88. The van der Waals surface area contributed by atoms with Crippen LogP contribution >= 0.6 is 0 Å². The molecule has 0 bridgehead atoms. The van der Waals surface area contributed by atoms with Crippen LogP contribution in [0.25, 0.3) is 0 Å². The number of rotatable bonds is 18. The van der Waals surface area contributed by atoms with E-state index in [9.17, 15) is 9.59 Å². The van der Waals surface area contributed by atoms with Gasteiger partial charge < -0.3 is 9.47 Å². The van der Waals surface area contributed by atoms with Gasteiger partial charge in [0.25, 0.3) is 0 Å². The van der Waals surface area contributed by atoms with Gasteiger partial charge in [-0.05, 0) is 32.1 Å². The fraction of sp³-hybridized carbons (Fsp3) is 0.810. The second-order valence-electron chi connectivity index (χ2n) is 6.55. The van der Waals surface area contributed by atoms with Gasteiger partial charge in [-0.25, -0.2) is 0 Å². The van der Waals surface area contributed by atoms with E-state index in [1.165, 1.54) is 12.8 Å². The van der Waals surface area contributed by atoms with E-state index in [0.29, 0.717) is 26.1 Å². The number of carbonyl (C=O) groups is 2. The lowest BCUT2D eigenvalue weighted by Gasteiger charge is -2.05. The monoisotopic (exact) mass is 354 g/mol. The molecule has 0 atom stereocenters. The fourth-order valence-electron chi connectivity index (χ4n) is 2.52. The third-order valence-electron chi connectivity index (χ3n) is 4.09. The molecule has 0 N–H and O–H groups in total. The van der Waals surface area contributed by atoms with Crippen molar-refractivity contribution in [1.82, 2.24) is 0 Å². The van der Waals surface area contributed by atoms with Gasteiger partial charge in [-0.3, -0.25) is 9.59 Å². The summed E-state index contributed by atoms with van der Waals surface area (Å²) in [6, 6.07) is 0. The zero-order chi connectivity index (χ0) is 18.6. The van der Waals surface area contributed by atoms with Gasteiger partial charge in [-0.1, -0.05) is 57.9 Å². The van der Waals surface area contributed by atoms with E-state index >= 15 is 0 Å². The Morgan fingerprint density at radius 3 is 1.72 bits per heavy atom. The van der Waals surface area contributed by atoms with Crippen molar-refractivity contribution in [2.24, 2.45) is 0 Å². The number of esters is 2. The second-order valence-corrected chi connectivity index (χ2v) is 6.55. The highest BCUT2D eigenvalue weighted by atomic mass is 16.5. The molecule has 0 fully saturated rings. The van der Waals surface area contributed by atoms with Crippen LogP contribution in [-0.2, 0) is 19.1 Å². The van der Waals surface area contributed by atoms with Gasteiger partial charge in [0.05, 0.1) is 13.2 Å². The number of ether oxygens (including phenoxy) is 2. The summed E-state index contributed by atoms with van der Waals surface area (Å²) in [5.74, 6) is -0.151. The van der Waals surface area contributed by atoms with Gasteiger partial charge in [0, 0.05) is 12.8 Å². The van der Waals surface area contributed by atoms with Gasteiger partial charge in [-0.15, -0.1) is 6.58 Å². The van der Waals surface area contributed by atoms with E-state index in [0.717, 1.165) is 64.2 Å². The Labute approximate surface area is 154 Å². The first-order valence-corrected chi connectivity index (χ1v) is 10.1. The molecule has 0 aliphatic heterocycles. The maximum absolute atomic E-state index is 11.5. The first-order valence-electron chi connectivity index (χ1n) is 10.1. The molecule has 0 spiro atoms. The van der Waals surface area contributed by atoms with Crippen molar-refractivity contribution in [1.29, 1.82) is 0 Å². The fourth-order valence-corrected chi connectivity index (χ4v) is 2.52. The molecule has 0 saturated heterocycles. The normalized spacial score (nSPS) is 10.4. The van der Waals surface area contributed by atoms with Crippen LogP contribution in [0.1, 0.15) is 96.8 Å². The topological polar surface area (TPSA) is 52.6 Å². The first-order chi connectivity index (χ1) is 12.2. The highest BCUT2D eigenvalue weighted by Crippen LogP contribution is 2.10. The largest absolute Gasteiger partial charge is 0.466 e. The average Bonchev–Trinajstić information content (AvgIpc) is 2.60. The van der Waals surface area contributed by atoms with Gasteiger partial charge in [0.2, 0.25) is 0 Å². The van der Waals surface area contributed by atoms with Gasteiger partial charge >= 0.3 is 11.9 Å². The Hall–Kier alpha value is -1.32. The maximum atomic E-state index is 11.5. The van der Waals surface area contributed by atoms with E-state index < -0.39 is 0 Å². The van der Waals surface area contributed by atoms with E-state index in [1.807, 2.05) is 6.08 Å². The molecule has 0 amide bonds. The highest BCUT2D eigenvalue weighted by Gasteiger charge is 2.04. The van der Waals surface area contributed by atoms with Crippen molar-refractivity contribution in [3.63, 3.8) is 0 Å². The van der Waals surface area contributed by atoms with Crippen LogP contribution in [0.4, 0.5) is 0 Å². The van der Waals surface area contributed by atoms with Crippen LogP contribution in [0.15, 0.2) is 12.7 Å². The Bertz CT molecular complexity index is 339. The van der Waals surface area contributed by atoms with Crippen LogP contribution in [0.5, 0.6) is 0 Å². The molecule has 0 radical (unpaired) electrons. The predicted octanol–water partition coefficient (Wildman–Crippen LogP) is 5.74. The van der Waals surface area contributed by atoms with Crippen molar-refractivity contribution in [2.45, 2.75) is 96.8 Å². The van der Waals surface area contributed by atoms with Crippen LogP contribution in [0.3, 0.4) is 0 Å². The van der Waals surface area contributed by atoms with Gasteiger partial charge in [0.15, 0.2) is 0 Å². The van der Waals surface area contributed by atoms with Crippen LogP contribution in [0.2, 0.25) is 0 Å². The standard InChI is InChI=1S/C21H38O4/c1-3-5-7-15-19-25-21(23)17-13-11-9-8-10-12-16-20(22)24-18-14-6-4-2/h4H,2-3,5-19H2,1H3. The summed E-state index contributed by atoms with van der Waals surface area (Å²) >= 11 is 0. The van der Waals surface area contributed by atoms with Gasteiger partial charge in [0.1, 0.15) is 0 Å². The minimum Gasteiger partial charge on any atom is -0.466 e. The molecular weight excluding hydrogens is 316 g/mol. The lowest BCUT2D eigenvalue weighted by atomic mass is 10.1. The number of hydrogen-bond acceptors (Lipinski definition) is 4. The third kappa shape index (κ3) is 18.9. The van der Waals surface area contributed by atoms with Crippen LogP contribution < -0.4 is 0 Å². The quantitative estimate of drug-likeness (QED) is 0.179. The molecule has 25 heavy (non-hydrogen) atoms. The van der Waals surface area contributed by atoms with E-state index in [1.54, 1.807) is 0 Å². The Morgan fingerprint density at radius 2 is 1.20 bits per heavy atom. The minimum atomic E-state index is -0.0919. The number of carbonyl (C=O) groups excluding carboxylic acids is 2. The Balaban J connectivity index is 3.26. The van der Waals surface area contributed by atoms with E-state index in [-0.39, 0.29) is 11.9 Å². The second kappa shape index (κ2) is 19.0. The van der Waals surface area contributed by atoms with Crippen molar-refractivity contribution in [2.75, 3.05) is 13.2 Å². The molecule has 0 saturated carbocycles. The smallest absolute Gasteiger partial charge is 0.305 e. The lowest BCUT2D eigenvalue weighted by Crippen LogP contribution is -2.05. The lowest BCUT2D eigenvalue weighted by molar-refractivity contribution is -0.144. The van der Waals surface area contributed by atoms with Crippen LogP contribution in [0, 0.1) is 0 Å². The molecule has 0 unspecified atom stereocenters. The van der Waals surface area contributed by atoms with Crippen molar-refractivity contribution >= 4 is 11.9 Å². The zero-order valence-electron chi connectivity index (χ0n) is 16.2. The molecule has 4 nitrogen and oxygen atoms in total. The molecule has 0 aliphatic rings. The van der Waals surface area contributed by atoms with E-state index in [2.05, 4.69) is 13.5 Å². The molecule has 0 aromatic carbocycles. The average molecular weight is 355 g/mol. The molecule has 0 aromatic rings.